The molecule has 0 radical (unpaired) electrons. The van der Waals surface area contributed by atoms with Gasteiger partial charge in [0.15, 0.2) is 0 Å². The van der Waals surface area contributed by atoms with E-state index in [2.05, 4.69) is 38.2 Å². The monoisotopic (exact) mass is 297 g/mol. The smallest absolute Gasteiger partial charge is 0.137 e. The van der Waals surface area contributed by atoms with Gasteiger partial charge in [0.25, 0.3) is 0 Å². The second-order valence-electron chi connectivity index (χ2n) is 5.27. The van der Waals surface area contributed by atoms with Gasteiger partial charge in [-0.25, -0.2) is 0 Å². The van der Waals surface area contributed by atoms with E-state index in [4.69, 9.17) is 16.3 Å². The second-order valence-corrected chi connectivity index (χ2v) is 5.67. The minimum absolute atomic E-state index is 0.381. The maximum absolute atomic E-state index is 6.13. The zero-order chi connectivity index (χ0) is 15.0. The lowest BCUT2D eigenvalue weighted by molar-refractivity contribution is 0.319. The molecule has 1 rings (SSSR count). The number of ether oxygens (including phenoxy) is 1. The van der Waals surface area contributed by atoms with Gasteiger partial charge in [-0.05, 0) is 43.0 Å². The van der Waals surface area contributed by atoms with Crippen LogP contribution in [0.5, 0.6) is 5.75 Å². The molecule has 0 aliphatic carbocycles. The van der Waals surface area contributed by atoms with Crippen LogP contribution in [0, 0.1) is 5.92 Å². The van der Waals surface area contributed by atoms with Crippen LogP contribution < -0.4 is 10.1 Å². The van der Waals surface area contributed by atoms with Crippen molar-refractivity contribution in [2.24, 2.45) is 5.92 Å². The van der Waals surface area contributed by atoms with Gasteiger partial charge >= 0.3 is 0 Å². The molecule has 0 bridgehead atoms. The molecular weight excluding hydrogens is 270 g/mol. The van der Waals surface area contributed by atoms with Gasteiger partial charge in [0, 0.05) is 6.04 Å². The van der Waals surface area contributed by atoms with Crippen molar-refractivity contribution in [3.63, 3.8) is 0 Å². The van der Waals surface area contributed by atoms with Crippen LogP contribution in [-0.2, 0) is 0 Å². The highest BCUT2D eigenvalue weighted by molar-refractivity contribution is 6.32. The van der Waals surface area contributed by atoms with Crippen LogP contribution in [0.2, 0.25) is 5.02 Å². The van der Waals surface area contributed by atoms with E-state index in [1.165, 1.54) is 31.2 Å². The third kappa shape index (κ3) is 4.68. The molecule has 3 heteroatoms. The van der Waals surface area contributed by atoms with Crippen molar-refractivity contribution in [1.29, 1.82) is 0 Å². The molecule has 2 nitrogen and oxygen atoms in total. The van der Waals surface area contributed by atoms with Gasteiger partial charge in [0.2, 0.25) is 0 Å². The lowest BCUT2D eigenvalue weighted by Crippen LogP contribution is -2.28. The first-order valence-corrected chi connectivity index (χ1v) is 8.12. The van der Waals surface area contributed by atoms with Crippen LogP contribution in [0.25, 0.3) is 0 Å². The van der Waals surface area contributed by atoms with Crippen molar-refractivity contribution in [3.8, 4) is 5.75 Å². The Morgan fingerprint density at radius 2 is 1.80 bits per heavy atom. The van der Waals surface area contributed by atoms with Crippen molar-refractivity contribution in [3.05, 3.63) is 28.8 Å². The summed E-state index contributed by atoms with van der Waals surface area (Å²) in [7, 11) is 1.67. The molecular formula is C17H28ClNO. The Hall–Kier alpha value is -0.730. The quantitative estimate of drug-likeness (QED) is 0.675. The summed E-state index contributed by atoms with van der Waals surface area (Å²) in [6.07, 6.45) is 4.93. The summed E-state index contributed by atoms with van der Waals surface area (Å²) in [5, 5.41) is 4.32. The highest BCUT2D eigenvalue weighted by Crippen LogP contribution is 2.34. The third-order valence-electron chi connectivity index (χ3n) is 3.75. The Balaban J connectivity index is 3.04. The number of nitrogens with one attached hydrogen (secondary N) is 1. The fraction of sp³-hybridized carbons (Fsp3) is 0.647. The second kappa shape index (κ2) is 9.25. The van der Waals surface area contributed by atoms with Gasteiger partial charge in [-0.2, -0.15) is 0 Å². The zero-order valence-electron chi connectivity index (χ0n) is 13.2. The maximum atomic E-state index is 6.13. The Bertz CT molecular complexity index is 389. The summed E-state index contributed by atoms with van der Waals surface area (Å²) in [6, 6.07) is 6.52. The van der Waals surface area contributed by atoms with Gasteiger partial charge in [0.05, 0.1) is 12.1 Å². The highest BCUT2D eigenvalue weighted by atomic mass is 35.5. The van der Waals surface area contributed by atoms with Gasteiger partial charge in [0.1, 0.15) is 5.75 Å². The molecule has 114 valence electrons. The minimum atomic E-state index is 0.381. The van der Waals surface area contributed by atoms with E-state index in [-0.39, 0.29) is 0 Å². The molecule has 0 saturated heterocycles. The van der Waals surface area contributed by atoms with Gasteiger partial charge in [-0.1, -0.05) is 51.3 Å². The summed E-state index contributed by atoms with van der Waals surface area (Å²) >= 11 is 6.13. The largest absolute Gasteiger partial charge is 0.495 e. The zero-order valence-corrected chi connectivity index (χ0v) is 14.0. The van der Waals surface area contributed by atoms with E-state index in [0.29, 0.717) is 17.0 Å². The van der Waals surface area contributed by atoms with Crippen LogP contribution in [0.15, 0.2) is 18.2 Å². The molecule has 0 fully saturated rings. The van der Waals surface area contributed by atoms with Crippen molar-refractivity contribution in [2.75, 3.05) is 13.7 Å². The summed E-state index contributed by atoms with van der Waals surface area (Å²) in [5.74, 6) is 1.43. The Morgan fingerprint density at radius 1 is 1.15 bits per heavy atom. The third-order valence-corrected chi connectivity index (χ3v) is 4.06. The van der Waals surface area contributed by atoms with Crippen LogP contribution >= 0.6 is 11.6 Å². The van der Waals surface area contributed by atoms with Crippen molar-refractivity contribution in [2.45, 2.75) is 52.5 Å². The maximum Gasteiger partial charge on any atom is 0.137 e. The van der Waals surface area contributed by atoms with Crippen molar-refractivity contribution < 1.29 is 4.74 Å². The average Bonchev–Trinajstić information content (AvgIpc) is 2.45. The first kappa shape index (κ1) is 17.3. The predicted molar refractivity (Wildman–Crippen MR) is 87.7 cm³/mol. The molecule has 0 aromatic heterocycles. The van der Waals surface area contributed by atoms with Gasteiger partial charge in [-0.3, -0.25) is 0 Å². The number of methoxy groups -OCH3 is 1. The normalized spacial score (nSPS) is 12.7. The van der Waals surface area contributed by atoms with Gasteiger partial charge < -0.3 is 10.1 Å². The van der Waals surface area contributed by atoms with E-state index in [1.54, 1.807) is 7.11 Å². The molecule has 0 saturated carbocycles. The molecule has 0 heterocycles. The van der Waals surface area contributed by atoms with Crippen LogP contribution in [0.4, 0.5) is 0 Å². The number of hydrogen-bond donors (Lipinski definition) is 1. The van der Waals surface area contributed by atoms with Crippen LogP contribution in [0.1, 0.15) is 58.1 Å². The fourth-order valence-electron chi connectivity index (χ4n) is 2.87. The summed E-state index contributed by atoms with van der Waals surface area (Å²) in [5.41, 5.74) is 1.28. The Morgan fingerprint density at radius 3 is 2.30 bits per heavy atom. The number of hydrogen-bond acceptors (Lipinski definition) is 2. The first-order valence-electron chi connectivity index (χ1n) is 7.74. The first-order chi connectivity index (χ1) is 9.67. The lowest BCUT2D eigenvalue weighted by Gasteiger charge is -2.28. The summed E-state index contributed by atoms with van der Waals surface area (Å²) in [6.45, 7) is 7.65. The number of rotatable bonds is 9. The molecule has 1 aromatic carbocycles. The SMILES string of the molecule is CCCC(CCC)C(NCC)c1ccc(Cl)c(OC)c1. The minimum Gasteiger partial charge on any atom is -0.495 e. The highest BCUT2D eigenvalue weighted by Gasteiger charge is 2.22. The fourth-order valence-corrected chi connectivity index (χ4v) is 3.06. The molecule has 0 aliphatic rings. The van der Waals surface area contributed by atoms with E-state index in [1.807, 2.05) is 6.07 Å². The number of halogens is 1. The molecule has 1 atom stereocenters. The van der Waals surface area contributed by atoms with E-state index in [9.17, 15) is 0 Å². The van der Waals surface area contributed by atoms with E-state index < -0.39 is 0 Å². The lowest BCUT2D eigenvalue weighted by atomic mass is 9.86. The molecule has 0 aliphatic heterocycles. The standard InChI is InChI=1S/C17H28ClNO/c1-5-8-13(9-6-2)17(19-7-3)14-10-11-15(18)16(12-14)20-4/h10-13,17,19H,5-9H2,1-4H3. The molecule has 0 amide bonds. The summed E-state index contributed by atoms with van der Waals surface area (Å²) in [4.78, 5) is 0. The predicted octanol–water partition coefficient (Wildman–Crippen LogP) is 5.22. The Kier molecular flexibility index (Phi) is 8.01. The van der Waals surface area contributed by atoms with Gasteiger partial charge in [-0.15, -0.1) is 0 Å². The van der Waals surface area contributed by atoms with E-state index in [0.717, 1.165) is 12.3 Å². The molecule has 1 N–H and O–H groups in total. The molecule has 0 spiro atoms. The topological polar surface area (TPSA) is 21.3 Å². The van der Waals surface area contributed by atoms with E-state index >= 15 is 0 Å². The number of benzene rings is 1. The average molecular weight is 298 g/mol. The van der Waals surface area contributed by atoms with Crippen molar-refractivity contribution >= 4 is 11.6 Å². The molecule has 1 aromatic rings. The van der Waals surface area contributed by atoms with Crippen molar-refractivity contribution in [1.82, 2.24) is 5.32 Å². The molecule has 1 unspecified atom stereocenters. The molecule has 20 heavy (non-hydrogen) atoms. The Labute approximate surface area is 128 Å². The van der Waals surface area contributed by atoms with Crippen LogP contribution in [0.3, 0.4) is 0 Å². The van der Waals surface area contributed by atoms with Crippen LogP contribution in [-0.4, -0.2) is 13.7 Å². The summed E-state index contributed by atoms with van der Waals surface area (Å²) < 4.78 is 5.35.